The largest absolute Gasteiger partial charge is 0.490 e. The number of benzene rings is 1. The van der Waals surface area contributed by atoms with Crippen molar-refractivity contribution in [3.63, 3.8) is 0 Å². The number of hydrogen-bond donors (Lipinski definition) is 3. The van der Waals surface area contributed by atoms with Gasteiger partial charge in [0.2, 0.25) is 5.91 Å². The molecule has 0 bridgehead atoms. The van der Waals surface area contributed by atoms with E-state index in [0.717, 1.165) is 57.2 Å². The molecule has 1 aliphatic heterocycles. The number of alkyl halides is 3. The zero-order valence-electron chi connectivity index (χ0n) is 21.2. The number of halogens is 4. The Morgan fingerprint density at radius 1 is 1.11 bits per heavy atom. The van der Waals surface area contributed by atoms with Crippen LogP contribution in [0.3, 0.4) is 0 Å². The number of carboxylic acid groups (broad SMARTS) is 2. The van der Waals surface area contributed by atoms with Crippen molar-refractivity contribution in [2.45, 2.75) is 76.1 Å². The maximum absolute atomic E-state index is 14.6. The molecule has 4 rings (SSSR count). The van der Waals surface area contributed by atoms with Gasteiger partial charge in [-0.05, 0) is 68.6 Å². The lowest BCUT2D eigenvalue weighted by Gasteiger charge is -2.39. The van der Waals surface area contributed by atoms with Gasteiger partial charge in [0.05, 0.1) is 23.2 Å². The molecule has 1 amide bonds. The van der Waals surface area contributed by atoms with Crippen LogP contribution in [0.2, 0.25) is 0 Å². The Balaban J connectivity index is 0.000000505. The average Bonchev–Trinajstić information content (AvgIpc) is 3.45. The monoisotopic (exact) mass is 546 g/mol. The fraction of sp³-hybridized carbons (Fsp3) is 0.654. The number of amides is 1. The van der Waals surface area contributed by atoms with Gasteiger partial charge in [-0.15, -0.1) is 0 Å². The first kappa shape index (κ1) is 29.8. The SMILES string of the molecule is COC1CCN(C(C(=O)Nc2cc(CC3(C(=O)O)CC3)ccc2F)C2CCCC2)CC1.O=C(O)C(F)(F)F. The molecular formula is C26H34F4N2O6. The number of rotatable bonds is 8. The number of nitrogens with zero attached hydrogens (tertiary/aromatic N) is 1. The van der Waals surface area contributed by atoms with Crippen molar-refractivity contribution in [3.05, 3.63) is 29.6 Å². The fourth-order valence-corrected chi connectivity index (χ4v) is 5.33. The third-order valence-electron chi connectivity index (χ3n) is 7.70. The van der Waals surface area contributed by atoms with Crippen LogP contribution in [0.15, 0.2) is 18.2 Å². The summed E-state index contributed by atoms with van der Waals surface area (Å²) in [4.78, 5) is 36.0. The molecule has 3 N–H and O–H groups in total. The Morgan fingerprint density at radius 2 is 1.68 bits per heavy atom. The molecule has 1 aromatic rings. The van der Waals surface area contributed by atoms with E-state index in [1.165, 1.54) is 6.07 Å². The summed E-state index contributed by atoms with van der Waals surface area (Å²) < 4.78 is 51.8. The van der Waals surface area contributed by atoms with Crippen LogP contribution < -0.4 is 5.32 Å². The number of aliphatic carboxylic acids is 2. The number of carbonyl (C=O) groups excluding carboxylic acids is 1. The first-order valence-electron chi connectivity index (χ1n) is 12.8. The van der Waals surface area contributed by atoms with Gasteiger partial charge in [0, 0.05) is 20.2 Å². The summed E-state index contributed by atoms with van der Waals surface area (Å²) in [5, 5.41) is 19.4. The zero-order chi connectivity index (χ0) is 28.1. The second kappa shape index (κ2) is 12.4. The Labute approximate surface area is 218 Å². The van der Waals surface area contributed by atoms with Crippen molar-refractivity contribution < 1.29 is 46.9 Å². The van der Waals surface area contributed by atoms with Gasteiger partial charge in [-0.3, -0.25) is 14.5 Å². The molecule has 8 nitrogen and oxygen atoms in total. The highest BCUT2D eigenvalue weighted by atomic mass is 19.4. The molecule has 2 saturated carbocycles. The molecule has 12 heteroatoms. The minimum Gasteiger partial charge on any atom is -0.481 e. The molecule has 1 unspecified atom stereocenters. The number of ether oxygens (including phenoxy) is 1. The van der Waals surface area contributed by atoms with Crippen molar-refractivity contribution in [1.82, 2.24) is 4.90 Å². The van der Waals surface area contributed by atoms with Crippen LogP contribution in [0, 0.1) is 17.2 Å². The smallest absolute Gasteiger partial charge is 0.481 e. The summed E-state index contributed by atoms with van der Waals surface area (Å²) in [6, 6.07) is 4.30. The number of nitrogens with one attached hydrogen (secondary N) is 1. The summed E-state index contributed by atoms with van der Waals surface area (Å²) >= 11 is 0. The molecule has 1 atom stereocenters. The van der Waals surface area contributed by atoms with Gasteiger partial charge < -0.3 is 20.3 Å². The standard InChI is InChI=1S/C24H33FN2O4.C2HF3O2/c1-31-18-8-12-27(13-9-18)21(17-4-2-3-5-17)22(28)26-20-14-16(6-7-19(20)25)15-24(10-11-24)23(29)30;3-2(4,5)1(6)7/h6-7,14,17-18,21H,2-5,8-13,15H2,1H3,(H,26,28)(H,29,30);(H,6,7). The van der Waals surface area contributed by atoms with Gasteiger partial charge in [-0.1, -0.05) is 18.9 Å². The highest BCUT2D eigenvalue weighted by molar-refractivity contribution is 5.95. The van der Waals surface area contributed by atoms with Crippen LogP contribution in [0.5, 0.6) is 0 Å². The third kappa shape index (κ3) is 7.66. The maximum Gasteiger partial charge on any atom is 0.490 e. The summed E-state index contributed by atoms with van der Waals surface area (Å²) in [6.07, 6.45) is 2.89. The Hall–Kier alpha value is -2.73. The van der Waals surface area contributed by atoms with Gasteiger partial charge in [-0.25, -0.2) is 9.18 Å². The van der Waals surface area contributed by atoms with Crippen LogP contribution in [0.25, 0.3) is 0 Å². The topological polar surface area (TPSA) is 116 Å². The number of hydrogen-bond acceptors (Lipinski definition) is 5. The average molecular weight is 547 g/mol. The predicted molar refractivity (Wildman–Crippen MR) is 129 cm³/mol. The number of likely N-dealkylation sites (tertiary alicyclic amines) is 1. The van der Waals surface area contributed by atoms with E-state index in [0.29, 0.717) is 19.3 Å². The molecule has 38 heavy (non-hydrogen) atoms. The molecular weight excluding hydrogens is 512 g/mol. The Morgan fingerprint density at radius 3 is 2.16 bits per heavy atom. The van der Waals surface area contributed by atoms with Gasteiger partial charge in [0.15, 0.2) is 0 Å². The van der Waals surface area contributed by atoms with Crippen molar-refractivity contribution in [3.8, 4) is 0 Å². The van der Waals surface area contributed by atoms with Crippen LogP contribution in [-0.4, -0.2) is 71.5 Å². The van der Waals surface area contributed by atoms with Crippen LogP contribution in [0.1, 0.15) is 56.9 Å². The highest BCUT2D eigenvalue weighted by Crippen LogP contribution is 2.48. The van der Waals surface area contributed by atoms with Crippen LogP contribution in [-0.2, 0) is 25.5 Å². The number of piperidine rings is 1. The molecule has 2 aliphatic carbocycles. The van der Waals surface area contributed by atoms with Gasteiger partial charge in [0.25, 0.3) is 0 Å². The van der Waals surface area contributed by atoms with Crippen molar-refractivity contribution in [2.75, 3.05) is 25.5 Å². The zero-order valence-corrected chi connectivity index (χ0v) is 21.2. The van der Waals surface area contributed by atoms with Crippen molar-refractivity contribution in [2.24, 2.45) is 11.3 Å². The fourth-order valence-electron chi connectivity index (χ4n) is 5.33. The number of methoxy groups -OCH3 is 1. The van der Waals surface area contributed by atoms with E-state index in [4.69, 9.17) is 14.6 Å². The van der Waals surface area contributed by atoms with E-state index in [-0.39, 0.29) is 29.7 Å². The lowest BCUT2D eigenvalue weighted by molar-refractivity contribution is -0.192. The molecule has 1 saturated heterocycles. The maximum atomic E-state index is 14.6. The molecule has 3 fully saturated rings. The Bertz CT molecular complexity index is 1000. The number of carbonyl (C=O) groups is 3. The Kier molecular flexibility index (Phi) is 9.74. The predicted octanol–water partition coefficient (Wildman–Crippen LogP) is 4.47. The summed E-state index contributed by atoms with van der Waals surface area (Å²) in [5.41, 5.74) is 0.172. The second-order valence-corrected chi connectivity index (χ2v) is 10.3. The number of carboxylic acids is 2. The highest BCUT2D eigenvalue weighted by Gasteiger charge is 2.50. The van der Waals surface area contributed by atoms with E-state index < -0.39 is 29.3 Å². The molecule has 0 spiro atoms. The van der Waals surface area contributed by atoms with E-state index in [1.807, 2.05) is 0 Å². The minimum absolute atomic E-state index is 0.151. The lowest BCUT2D eigenvalue weighted by Crippen LogP contribution is -2.52. The molecule has 1 heterocycles. The molecule has 3 aliphatic rings. The van der Waals surface area contributed by atoms with Crippen LogP contribution >= 0.6 is 0 Å². The van der Waals surface area contributed by atoms with Crippen LogP contribution in [0.4, 0.5) is 23.2 Å². The number of anilines is 1. The van der Waals surface area contributed by atoms with E-state index in [9.17, 15) is 32.3 Å². The third-order valence-corrected chi connectivity index (χ3v) is 7.70. The summed E-state index contributed by atoms with van der Waals surface area (Å²) in [5.74, 6) is -3.92. The van der Waals surface area contributed by atoms with Gasteiger partial charge >= 0.3 is 18.1 Å². The summed E-state index contributed by atoms with van der Waals surface area (Å²) in [7, 11) is 1.73. The second-order valence-electron chi connectivity index (χ2n) is 10.3. The van der Waals surface area contributed by atoms with E-state index >= 15 is 0 Å². The summed E-state index contributed by atoms with van der Waals surface area (Å²) in [6.45, 7) is 1.60. The van der Waals surface area contributed by atoms with E-state index in [2.05, 4.69) is 10.2 Å². The molecule has 1 aromatic carbocycles. The quantitative estimate of drug-likeness (QED) is 0.412. The normalized spacial score (nSPS) is 20.8. The molecule has 0 aromatic heterocycles. The van der Waals surface area contributed by atoms with Crippen molar-refractivity contribution >= 4 is 23.5 Å². The first-order valence-corrected chi connectivity index (χ1v) is 12.8. The van der Waals surface area contributed by atoms with Gasteiger partial charge in [-0.2, -0.15) is 13.2 Å². The lowest BCUT2D eigenvalue weighted by atomic mass is 9.93. The molecule has 212 valence electrons. The molecule has 0 radical (unpaired) electrons. The van der Waals surface area contributed by atoms with Crippen molar-refractivity contribution in [1.29, 1.82) is 0 Å². The minimum atomic E-state index is -5.08. The van der Waals surface area contributed by atoms with Gasteiger partial charge in [0.1, 0.15) is 5.82 Å². The van der Waals surface area contributed by atoms with E-state index in [1.54, 1.807) is 19.2 Å². The first-order chi connectivity index (χ1) is 17.9.